The molecule has 2 N–H and O–H groups in total. The number of rotatable bonds is 5. The molecule has 0 atom stereocenters. The van der Waals surface area contributed by atoms with Crippen LogP contribution in [0.1, 0.15) is 18.9 Å². The van der Waals surface area contributed by atoms with Crippen molar-refractivity contribution in [2.24, 2.45) is 5.73 Å². The zero-order chi connectivity index (χ0) is 14.5. The molecular weight excluding hydrogens is 252 g/mol. The number of aromatic nitrogens is 2. The van der Waals surface area contributed by atoms with E-state index in [2.05, 4.69) is 4.98 Å². The van der Waals surface area contributed by atoms with Crippen molar-refractivity contribution in [2.45, 2.75) is 26.4 Å². The van der Waals surface area contributed by atoms with Gasteiger partial charge in [-0.3, -0.25) is 4.79 Å². The molecule has 0 radical (unpaired) electrons. The van der Waals surface area contributed by atoms with Crippen LogP contribution in [-0.2, 0) is 13.1 Å². The molecule has 20 heavy (non-hydrogen) atoms. The van der Waals surface area contributed by atoms with Gasteiger partial charge in [-0.05, 0) is 24.1 Å². The van der Waals surface area contributed by atoms with E-state index < -0.39 is 0 Å². The normalized spacial score (nSPS) is 10.6. The molecule has 0 unspecified atom stereocenters. The molecule has 0 aliphatic heterocycles. The SMILES string of the molecule is CCCn1ccnc(N(C)c2ccc(CN)cc2)c1=O. The van der Waals surface area contributed by atoms with E-state index in [9.17, 15) is 4.79 Å². The van der Waals surface area contributed by atoms with Crippen LogP contribution < -0.4 is 16.2 Å². The van der Waals surface area contributed by atoms with Crippen molar-refractivity contribution in [1.82, 2.24) is 9.55 Å². The van der Waals surface area contributed by atoms with E-state index in [1.165, 1.54) is 0 Å². The molecule has 0 saturated heterocycles. The zero-order valence-electron chi connectivity index (χ0n) is 11.9. The summed E-state index contributed by atoms with van der Waals surface area (Å²) in [5, 5.41) is 0. The lowest BCUT2D eigenvalue weighted by atomic mass is 10.2. The van der Waals surface area contributed by atoms with Gasteiger partial charge in [-0.25, -0.2) is 4.98 Å². The van der Waals surface area contributed by atoms with Crippen LogP contribution in [0.2, 0.25) is 0 Å². The van der Waals surface area contributed by atoms with Crippen LogP contribution in [0.25, 0.3) is 0 Å². The minimum atomic E-state index is -0.0697. The van der Waals surface area contributed by atoms with Crippen LogP contribution in [0.15, 0.2) is 41.5 Å². The first-order valence-corrected chi connectivity index (χ1v) is 6.75. The molecule has 0 fully saturated rings. The van der Waals surface area contributed by atoms with Crippen LogP contribution in [0.5, 0.6) is 0 Å². The summed E-state index contributed by atoms with van der Waals surface area (Å²) in [5.74, 6) is 0.432. The van der Waals surface area contributed by atoms with Crippen LogP contribution in [0.4, 0.5) is 11.5 Å². The average molecular weight is 272 g/mol. The monoisotopic (exact) mass is 272 g/mol. The standard InChI is InChI=1S/C15H20N4O/c1-3-9-19-10-8-17-14(15(19)20)18(2)13-6-4-12(11-16)5-7-13/h4-8,10H,3,9,11,16H2,1-2H3. The molecule has 5 nitrogen and oxygen atoms in total. The predicted molar refractivity (Wildman–Crippen MR) is 81.2 cm³/mol. The maximum absolute atomic E-state index is 12.3. The molecule has 0 amide bonds. The third-order valence-corrected chi connectivity index (χ3v) is 3.24. The molecule has 0 saturated carbocycles. The molecule has 2 rings (SSSR count). The minimum absolute atomic E-state index is 0.0697. The Balaban J connectivity index is 2.34. The molecule has 0 aliphatic rings. The molecule has 0 spiro atoms. The van der Waals surface area contributed by atoms with Gasteiger partial charge in [0, 0.05) is 38.2 Å². The summed E-state index contributed by atoms with van der Waals surface area (Å²) < 4.78 is 1.69. The fourth-order valence-electron chi connectivity index (χ4n) is 2.06. The number of anilines is 2. The molecule has 1 aromatic heterocycles. The van der Waals surface area contributed by atoms with E-state index in [4.69, 9.17) is 5.73 Å². The highest BCUT2D eigenvalue weighted by atomic mass is 16.1. The Bertz CT molecular complexity index is 619. The Hall–Kier alpha value is -2.14. The number of nitrogens with zero attached hydrogens (tertiary/aromatic N) is 3. The molecule has 5 heteroatoms. The summed E-state index contributed by atoms with van der Waals surface area (Å²) in [5.41, 5.74) is 7.49. The second-order valence-corrected chi connectivity index (χ2v) is 4.68. The van der Waals surface area contributed by atoms with Crippen LogP contribution >= 0.6 is 0 Å². The zero-order valence-corrected chi connectivity index (χ0v) is 11.9. The van der Waals surface area contributed by atoms with Crippen molar-refractivity contribution in [1.29, 1.82) is 0 Å². The molecule has 0 aliphatic carbocycles. The number of hydrogen-bond acceptors (Lipinski definition) is 4. The quantitative estimate of drug-likeness (QED) is 0.902. The van der Waals surface area contributed by atoms with Gasteiger partial charge in [0.2, 0.25) is 0 Å². The van der Waals surface area contributed by atoms with Gasteiger partial charge in [0.15, 0.2) is 5.82 Å². The number of aryl methyl sites for hydroxylation is 1. The van der Waals surface area contributed by atoms with Gasteiger partial charge < -0.3 is 15.2 Å². The summed E-state index contributed by atoms with van der Waals surface area (Å²) in [7, 11) is 1.84. The first kappa shape index (κ1) is 14.3. The van der Waals surface area contributed by atoms with Gasteiger partial charge in [0.1, 0.15) is 0 Å². The van der Waals surface area contributed by atoms with Crippen LogP contribution in [0.3, 0.4) is 0 Å². The van der Waals surface area contributed by atoms with Crippen LogP contribution in [-0.4, -0.2) is 16.6 Å². The summed E-state index contributed by atoms with van der Waals surface area (Å²) in [6, 6.07) is 7.81. The first-order valence-electron chi connectivity index (χ1n) is 6.75. The lowest BCUT2D eigenvalue weighted by Gasteiger charge is -2.18. The van der Waals surface area contributed by atoms with Gasteiger partial charge in [-0.2, -0.15) is 0 Å². The molecule has 2 aromatic rings. The van der Waals surface area contributed by atoms with E-state index in [0.29, 0.717) is 18.9 Å². The van der Waals surface area contributed by atoms with Crippen molar-refractivity contribution in [3.63, 3.8) is 0 Å². The topological polar surface area (TPSA) is 64.2 Å². The second kappa shape index (κ2) is 6.34. The summed E-state index contributed by atoms with van der Waals surface area (Å²) in [6.45, 7) is 3.26. The van der Waals surface area contributed by atoms with E-state index in [1.807, 2.05) is 38.2 Å². The average Bonchev–Trinajstić information content (AvgIpc) is 2.49. The van der Waals surface area contributed by atoms with Crippen molar-refractivity contribution in [3.05, 3.63) is 52.6 Å². The second-order valence-electron chi connectivity index (χ2n) is 4.68. The molecule has 0 bridgehead atoms. The smallest absolute Gasteiger partial charge is 0.293 e. The Kier molecular flexibility index (Phi) is 4.53. The van der Waals surface area contributed by atoms with Gasteiger partial charge in [-0.15, -0.1) is 0 Å². The van der Waals surface area contributed by atoms with Crippen molar-refractivity contribution >= 4 is 11.5 Å². The number of nitrogens with two attached hydrogens (primary N) is 1. The summed E-state index contributed by atoms with van der Waals surface area (Å²) >= 11 is 0. The van der Waals surface area contributed by atoms with Gasteiger partial charge in [0.05, 0.1) is 0 Å². The predicted octanol–water partition coefficient (Wildman–Crippen LogP) is 1.88. The summed E-state index contributed by atoms with van der Waals surface area (Å²) in [4.78, 5) is 18.3. The van der Waals surface area contributed by atoms with E-state index in [1.54, 1.807) is 21.9 Å². The molecule has 1 aromatic carbocycles. The fourth-order valence-corrected chi connectivity index (χ4v) is 2.06. The van der Waals surface area contributed by atoms with E-state index in [0.717, 1.165) is 17.7 Å². The van der Waals surface area contributed by atoms with Crippen molar-refractivity contribution < 1.29 is 0 Å². The maximum atomic E-state index is 12.3. The Morgan fingerprint density at radius 2 is 2.00 bits per heavy atom. The third kappa shape index (κ3) is 2.88. The maximum Gasteiger partial charge on any atom is 0.293 e. The van der Waals surface area contributed by atoms with E-state index in [-0.39, 0.29) is 5.56 Å². The highest BCUT2D eigenvalue weighted by Gasteiger charge is 2.11. The van der Waals surface area contributed by atoms with Crippen molar-refractivity contribution in [3.8, 4) is 0 Å². The summed E-state index contributed by atoms with van der Waals surface area (Å²) in [6.07, 6.45) is 4.30. The minimum Gasteiger partial charge on any atom is -0.326 e. The van der Waals surface area contributed by atoms with Crippen molar-refractivity contribution in [2.75, 3.05) is 11.9 Å². The lowest BCUT2D eigenvalue weighted by molar-refractivity contribution is 0.648. The lowest BCUT2D eigenvalue weighted by Crippen LogP contribution is -2.27. The van der Waals surface area contributed by atoms with Gasteiger partial charge in [-0.1, -0.05) is 19.1 Å². The number of benzene rings is 1. The highest BCUT2D eigenvalue weighted by Crippen LogP contribution is 2.19. The fraction of sp³-hybridized carbons (Fsp3) is 0.333. The van der Waals surface area contributed by atoms with Crippen LogP contribution in [0, 0.1) is 0 Å². The Labute approximate surface area is 118 Å². The molecule has 1 heterocycles. The van der Waals surface area contributed by atoms with E-state index >= 15 is 0 Å². The van der Waals surface area contributed by atoms with Gasteiger partial charge in [0.25, 0.3) is 5.56 Å². The third-order valence-electron chi connectivity index (χ3n) is 3.24. The largest absolute Gasteiger partial charge is 0.326 e. The highest BCUT2D eigenvalue weighted by molar-refractivity contribution is 5.58. The Morgan fingerprint density at radius 1 is 1.30 bits per heavy atom. The van der Waals surface area contributed by atoms with Gasteiger partial charge >= 0.3 is 0 Å². The Morgan fingerprint density at radius 3 is 2.60 bits per heavy atom. The first-order chi connectivity index (χ1) is 9.67. The molecular formula is C15H20N4O. The molecule has 106 valence electrons. The number of hydrogen-bond donors (Lipinski definition) is 1.